The van der Waals surface area contributed by atoms with E-state index in [0.717, 1.165) is 29.4 Å². The molecule has 2 saturated carbocycles. The number of hydrogen-bond donors (Lipinski definition) is 3. The summed E-state index contributed by atoms with van der Waals surface area (Å²) in [4.78, 5) is 77.9. The topological polar surface area (TPSA) is 165 Å². The summed E-state index contributed by atoms with van der Waals surface area (Å²) in [5, 5.41) is 23.8. The van der Waals surface area contributed by atoms with E-state index in [0.29, 0.717) is 23.4 Å². The van der Waals surface area contributed by atoms with Crippen molar-refractivity contribution in [2.75, 3.05) is 60.3 Å². The van der Waals surface area contributed by atoms with Crippen LogP contribution in [0.15, 0.2) is 48.5 Å². The minimum absolute atomic E-state index is 0.000859. The van der Waals surface area contributed by atoms with Crippen molar-refractivity contribution in [2.45, 2.75) is 37.6 Å². The molecule has 0 bridgehead atoms. The molecule has 3 aliphatic rings. The molecule has 2 aromatic carbocycles. The van der Waals surface area contributed by atoms with Gasteiger partial charge in [-0.05, 0) is 76.3 Å². The summed E-state index contributed by atoms with van der Waals surface area (Å²) in [7, 11) is 10.9. The van der Waals surface area contributed by atoms with Gasteiger partial charge in [0.15, 0.2) is 34.7 Å². The van der Waals surface area contributed by atoms with Crippen molar-refractivity contribution >= 4 is 46.1 Å². The van der Waals surface area contributed by atoms with E-state index < -0.39 is 64.4 Å². The van der Waals surface area contributed by atoms with Gasteiger partial charge in [-0.1, -0.05) is 30.3 Å². The number of phenolic OH excluding ortho intramolecular Hbond substituents is 1. The third kappa shape index (κ3) is 6.38. The van der Waals surface area contributed by atoms with Gasteiger partial charge in [0, 0.05) is 67.2 Å². The van der Waals surface area contributed by atoms with Crippen LogP contribution in [0.2, 0.25) is 0 Å². The SMILES string of the molecule is CN(C)CCN(Cc1ccccc1)Cc1ccc(-c2cc(N(C)C)c3c(c2O)C(=O)C2C(=O)C4(O)C(=O)C(C(N)=O)C(=O)C(N(C)C)C4CC2C3)s1. The Balaban J connectivity index is 1.37. The Labute approximate surface area is 307 Å². The molecule has 1 amide bonds. The lowest BCUT2D eigenvalue weighted by molar-refractivity contribution is -0.181. The second kappa shape index (κ2) is 14.3. The van der Waals surface area contributed by atoms with E-state index >= 15 is 0 Å². The van der Waals surface area contributed by atoms with Crippen LogP contribution in [-0.2, 0) is 38.7 Å². The van der Waals surface area contributed by atoms with E-state index in [9.17, 15) is 34.2 Å². The Morgan fingerprint density at radius 3 is 2.25 bits per heavy atom. The van der Waals surface area contributed by atoms with E-state index in [1.807, 2.05) is 69.5 Å². The van der Waals surface area contributed by atoms with Gasteiger partial charge in [0.25, 0.3) is 0 Å². The van der Waals surface area contributed by atoms with Crippen LogP contribution in [-0.4, -0.2) is 121 Å². The smallest absolute Gasteiger partial charge is 0.235 e. The molecule has 3 aromatic rings. The molecule has 276 valence electrons. The predicted molar refractivity (Wildman–Crippen MR) is 198 cm³/mol. The van der Waals surface area contributed by atoms with Crippen molar-refractivity contribution in [3.8, 4) is 16.2 Å². The van der Waals surface area contributed by atoms with Gasteiger partial charge in [-0.2, -0.15) is 0 Å². The minimum Gasteiger partial charge on any atom is -0.506 e. The highest BCUT2D eigenvalue weighted by molar-refractivity contribution is 7.15. The molecule has 0 aliphatic heterocycles. The van der Waals surface area contributed by atoms with Gasteiger partial charge in [0.05, 0.1) is 17.5 Å². The highest BCUT2D eigenvalue weighted by atomic mass is 32.1. The van der Waals surface area contributed by atoms with Gasteiger partial charge in [-0.25, -0.2) is 0 Å². The highest BCUT2D eigenvalue weighted by Gasteiger charge is 2.69. The van der Waals surface area contributed by atoms with Crippen molar-refractivity contribution in [3.05, 3.63) is 70.1 Å². The van der Waals surface area contributed by atoms with Gasteiger partial charge < -0.3 is 25.7 Å². The number of fused-ring (bicyclic) bond motifs is 3. The molecule has 1 aromatic heterocycles. The maximum absolute atomic E-state index is 14.5. The number of carbonyl (C=O) groups is 5. The quantitative estimate of drug-likeness (QED) is 0.248. The number of aliphatic hydroxyl groups is 1. The fourth-order valence-electron chi connectivity index (χ4n) is 8.46. The molecule has 52 heavy (non-hydrogen) atoms. The number of rotatable bonds is 11. The van der Waals surface area contributed by atoms with E-state index in [2.05, 4.69) is 21.9 Å². The number of ketones is 4. The number of likely N-dealkylation sites (N-methyl/N-ethyl adjacent to an activating group) is 2. The molecule has 13 heteroatoms. The molecule has 6 unspecified atom stereocenters. The molecule has 2 fully saturated rings. The zero-order valence-electron chi connectivity index (χ0n) is 30.5. The number of thiophene rings is 1. The first-order chi connectivity index (χ1) is 24.6. The average molecular weight is 730 g/mol. The molecule has 1 heterocycles. The number of nitrogens with zero attached hydrogens (tertiary/aromatic N) is 4. The molecule has 6 atom stereocenters. The predicted octanol–water partition coefficient (Wildman–Crippen LogP) is 2.23. The Kier molecular flexibility index (Phi) is 10.3. The molecule has 4 N–H and O–H groups in total. The number of hydrogen-bond acceptors (Lipinski definition) is 12. The Morgan fingerprint density at radius 1 is 0.942 bits per heavy atom. The highest BCUT2D eigenvalue weighted by Crippen LogP contribution is 2.53. The molecule has 0 saturated heterocycles. The molecule has 6 rings (SSSR count). The number of primary amides is 1. The second-order valence-electron chi connectivity index (χ2n) is 15.1. The van der Waals surface area contributed by atoms with Gasteiger partial charge >= 0.3 is 0 Å². The van der Waals surface area contributed by atoms with Gasteiger partial charge in [-0.3, -0.25) is 33.8 Å². The molecule has 12 nitrogen and oxygen atoms in total. The fraction of sp³-hybridized carbons (Fsp3) is 0.462. The normalized spacial score (nSPS) is 25.8. The molecular formula is C39H47N5O7S. The summed E-state index contributed by atoms with van der Waals surface area (Å²) < 4.78 is 0. The number of aromatic hydroxyl groups is 1. The van der Waals surface area contributed by atoms with Crippen molar-refractivity contribution in [3.63, 3.8) is 0 Å². The zero-order chi connectivity index (χ0) is 37.8. The van der Waals surface area contributed by atoms with E-state index in [-0.39, 0.29) is 24.2 Å². The summed E-state index contributed by atoms with van der Waals surface area (Å²) in [5.41, 5.74) is 5.58. The van der Waals surface area contributed by atoms with Crippen molar-refractivity contribution < 1.29 is 34.2 Å². The van der Waals surface area contributed by atoms with E-state index in [4.69, 9.17) is 5.73 Å². The summed E-state index contributed by atoms with van der Waals surface area (Å²) >= 11 is 1.51. The van der Waals surface area contributed by atoms with Crippen LogP contribution >= 0.6 is 11.3 Å². The lowest BCUT2D eigenvalue weighted by Gasteiger charge is -2.52. The number of anilines is 1. The summed E-state index contributed by atoms with van der Waals surface area (Å²) in [6, 6.07) is 14.9. The minimum atomic E-state index is -2.77. The van der Waals surface area contributed by atoms with Gasteiger partial charge in [0.1, 0.15) is 5.75 Å². The van der Waals surface area contributed by atoms with Crippen LogP contribution in [0.3, 0.4) is 0 Å². The van der Waals surface area contributed by atoms with Gasteiger partial charge in [0.2, 0.25) is 5.91 Å². The third-order valence-corrected chi connectivity index (χ3v) is 12.0. The molecular weight excluding hydrogens is 683 g/mol. The van der Waals surface area contributed by atoms with Gasteiger partial charge in [-0.15, -0.1) is 11.3 Å². The lowest BCUT2D eigenvalue weighted by Crippen LogP contribution is -2.74. The Morgan fingerprint density at radius 2 is 1.63 bits per heavy atom. The number of benzene rings is 2. The maximum atomic E-state index is 14.5. The number of nitrogens with two attached hydrogens (primary N) is 1. The number of Topliss-reactive ketones (excluding diaryl/α,β-unsaturated/α-hetero) is 4. The van der Waals surface area contributed by atoms with Crippen LogP contribution in [0.25, 0.3) is 10.4 Å². The lowest BCUT2D eigenvalue weighted by atomic mass is 9.52. The summed E-state index contributed by atoms with van der Waals surface area (Å²) in [6.07, 6.45) is 0.198. The third-order valence-electron chi connectivity index (χ3n) is 10.9. The van der Waals surface area contributed by atoms with Crippen molar-refractivity contribution in [1.29, 1.82) is 0 Å². The van der Waals surface area contributed by atoms with Crippen LogP contribution in [0, 0.1) is 23.7 Å². The van der Waals surface area contributed by atoms with Crippen LogP contribution < -0.4 is 10.6 Å². The fourth-order valence-corrected chi connectivity index (χ4v) is 9.53. The largest absolute Gasteiger partial charge is 0.506 e. The summed E-state index contributed by atoms with van der Waals surface area (Å²) in [5.74, 6) is -10.6. The van der Waals surface area contributed by atoms with Crippen LogP contribution in [0.5, 0.6) is 5.75 Å². The average Bonchev–Trinajstić information content (AvgIpc) is 3.53. The number of phenols is 1. The van der Waals surface area contributed by atoms with E-state index in [1.54, 1.807) is 14.1 Å². The van der Waals surface area contributed by atoms with Crippen LogP contribution in [0.1, 0.15) is 32.8 Å². The Hall–Kier alpha value is -4.27. The second-order valence-corrected chi connectivity index (χ2v) is 16.3. The first-order valence-electron chi connectivity index (χ1n) is 17.5. The monoisotopic (exact) mass is 729 g/mol. The summed E-state index contributed by atoms with van der Waals surface area (Å²) in [6.45, 7) is 3.16. The number of carbonyl (C=O) groups excluding carboxylic acids is 5. The maximum Gasteiger partial charge on any atom is 0.235 e. The first-order valence-corrected chi connectivity index (χ1v) is 18.3. The van der Waals surface area contributed by atoms with Crippen molar-refractivity contribution in [2.24, 2.45) is 29.4 Å². The zero-order valence-corrected chi connectivity index (χ0v) is 31.3. The van der Waals surface area contributed by atoms with E-state index in [1.165, 1.54) is 21.8 Å². The van der Waals surface area contributed by atoms with Crippen molar-refractivity contribution in [1.82, 2.24) is 14.7 Å². The molecule has 3 aliphatic carbocycles. The van der Waals surface area contributed by atoms with Crippen LogP contribution in [0.4, 0.5) is 5.69 Å². The Bertz CT molecular complexity index is 1920. The number of amides is 1. The standard InChI is InChI=1S/C39H47N5O7S/c1-41(2)14-15-44(19-21-10-8-7-9-11-21)20-23-12-13-28(52-23)25-18-27(42(3)4)24-16-22-17-26-32(43(5)6)35(47)31(38(40)50)37(49)39(26,51)36(48)29(22)34(46)30(24)33(25)45/h7-13,18,22,26,29,31-32,45,51H,14-17,19-20H2,1-6H3,(H2,40,50). The first kappa shape index (κ1) is 37.5. The molecule has 0 spiro atoms. The molecule has 0 radical (unpaired) electrons.